The van der Waals surface area contributed by atoms with Gasteiger partial charge in [-0.1, -0.05) is 11.8 Å². The van der Waals surface area contributed by atoms with Crippen LogP contribution in [0.2, 0.25) is 0 Å². The van der Waals surface area contributed by atoms with Crippen LogP contribution in [0.25, 0.3) is 0 Å². The molecule has 2 aromatic rings. The number of hydrogen-bond donors (Lipinski definition) is 1. The van der Waals surface area contributed by atoms with E-state index in [1.807, 2.05) is 0 Å². The van der Waals surface area contributed by atoms with Gasteiger partial charge in [-0.2, -0.15) is 5.10 Å². The highest BCUT2D eigenvalue weighted by atomic mass is 32.2. The van der Waals surface area contributed by atoms with Gasteiger partial charge in [0.25, 0.3) is 5.69 Å². The zero-order chi connectivity index (χ0) is 12.4. The average Bonchev–Trinajstić information content (AvgIpc) is 2.63. The molecule has 0 spiro atoms. The lowest BCUT2D eigenvalue weighted by molar-refractivity contribution is -0.385. The predicted molar refractivity (Wildman–Crippen MR) is 62.6 cm³/mol. The summed E-state index contributed by atoms with van der Waals surface area (Å²) in [6.07, 6.45) is 3.45. The van der Waals surface area contributed by atoms with Crippen LogP contribution in [0.4, 0.5) is 11.5 Å². The molecule has 0 aliphatic carbocycles. The third kappa shape index (κ3) is 2.72. The number of nitrogens with two attached hydrogens (primary N) is 1. The van der Waals surface area contributed by atoms with Crippen molar-refractivity contribution >= 4 is 23.3 Å². The first-order chi connectivity index (χ1) is 8.04. The van der Waals surface area contributed by atoms with Crippen LogP contribution in [0.1, 0.15) is 0 Å². The van der Waals surface area contributed by atoms with Crippen LogP contribution in [0.3, 0.4) is 0 Å². The molecule has 2 rings (SSSR count). The molecule has 0 aliphatic rings. The number of nitrogens with zero attached hydrogens (tertiary/aromatic N) is 4. The smallest absolute Gasteiger partial charge is 0.275 e. The maximum Gasteiger partial charge on any atom is 0.275 e. The third-order valence-corrected chi connectivity index (χ3v) is 2.79. The van der Waals surface area contributed by atoms with E-state index in [2.05, 4.69) is 10.1 Å². The lowest BCUT2D eigenvalue weighted by atomic mass is 10.4. The Balaban J connectivity index is 2.29. The first-order valence-corrected chi connectivity index (χ1v) is 5.45. The Morgan fingerprint density at radius 2 is 2.29 bits per heavy atom. The minimum Gasteiger partial charge on any atom is -0.383 e. The number of aryl methyl sites for hydroxylation is 1. The van der Waals surface area contributed by atoms with Crippen molar-refractivity contribution in [2.45, 2.75) is 9.92 Å². The molecule has 0 atom stereocenters. The summed E-state index contributed by atoms with van der Waals surface area (Å²) in [6, 6.07) is 2.61. The van der Waals surface area contributed by atoms with Gasteiger partial charge in [-0.05, 0) is 0 Å². The van der Waals surface area contributed by atoms with Crippen molar-refractivity contribution in [1.29, 1.82) is 0 Å². The fourth-order valence-corrected chi connectivity index (χ4v) is 2.12. The molecule has 2 N–H and O–H groups in total. The van der Waals surface area contributed by atoms with Gasteiger partial charge in [0.15, 0.2) is 0 Å². The van der Waals surface area contributed by atoms with E-state index in [0.717, 1.165) is 4.90 Å². The number of nitro groups is 1. The fourth-order valence-electron chi connectivity index (χ4n) is 1.24. The van der Waals surface area contributed by atoms with Gasteiger partial charge < -0.3 is 5.73 Å². The van der Waals surface area contributed by atoms with Crippen LogP contribution in [0, 0.1) is 10.1 Å². The second kappa shape index (κ2) is 4.42. The van der Waals surface area contributed by atoms with Gasteiger partial charge in [0.2, 0.25) is 0 Å². The van der Waals surface area contributed by atoms with Crippen molar-refractivity contribution in [2.24, 2.45) is 7.05 Å². The van der Waals surface area contributed by atoms with Crippen LogP contribution in [0.15, 0.2) is 34.4 Å². The molecule has 0 amide bonds. The monoisotopic (exact) mass is 251 g/mol. The standard InChI is InChI=1S/C9H9N5O2S/c1-13-5-7(4-11-13)17-9-3-6(14(15)16)2-8(10)12-9/h2-5H,1H3,(H2,10,12). The normalized spacial score (nSPS) is 10.4. The molecule has 8 heteroatoms. The summed E-state index contributed by atoms with van der Waals surface area (Å²) in [6.45, 7) is 0. The summed E-state index contributed by atoms with van der Waals surface area (Å²) in [5.74, 6) is 0.130. The Bertz CT molecular complexity index is 568. The topological polar surface area (TPSA) is 99.9 Å². The van der Waals surface area contributed by atoms with Crippen LogP contribution in [0.5, 0.6) is 0 Å². The van der Waals surface area contributed by atoms with E-state index < -0.39 is 4.92 Å². The molecule has 88 valence electrons. The highest BCUT2D eigenvalue weighted by Crippen LogP contribution is 2.29. The zero-order valence-electron chi connectivity index (χ0n) is 8.90. The average molecular weight is 251 g/mol. The second-order valence-electron chi connectivity index (χ2n) is 3.30. The zero-order valence-corrected chi connectivity index (χ0v) is 9.72. The van der Waals surface area contributed by atoms with Crippen molar-refractivity contribution in [1.82, 2.24) is 14.8 Å². The van der Waals surface area contributed by atoms with Crippen LogP contribution in [-0.4, -0.2) is 19.7 Å². The molecule has 0 radical (unpaired) electrons. The van der Waals surface area contributed by atoms with E-state index in [0.29, 0.717) is 5.03 Å². The van der Waals surface area contributed by atoms with Crippen molar-refractivity contribution in [3.8, 4) is 0 Å². The molecule has 0 aromatic carbocycles. The molecule has 0 saturated carbocycles. The maximum atomic E-state index is 10.7. The Labute approximate surface area is 101 Å². The van der Waals surface area contributed by atoms with Crippen molar-refractivity contribution < 1.29 is 4.92 Å². The first-order valence-electron chi connectivity index (χ1n) is 4.63. The van der Waals surface area contributed by atoms with Crippen molar-refractivity contribution in [3.63, 3.8) is 0 Å². The SMILES string of the molecule is Cn1cc(Sc2cc([N+](=O)[O-])cc(N)n2)cn1. The van der Waals surface area contributed by atoms with Crippen molar-refractivity contribution in [2.75, 3.05) is 5.73 Å². The molecule has 2 heterocycles. The fraction of sp³-hybridized carbons (Fsp3) is 0.111. The Morgan fingerprint density at radius 1 is 1.53 bits per heavy atom. The minimum absolute atomic E-state index is 0.0658. The van der Waals surface area contributed by atoms with Gasteiger partial charge in [0.05, 0.1) is 22.1 Å². The molecule has 0 aliphatic heterocycles. The highest BCUT2D eigenvalue weighted by Gasteiger charge is 2.11. The van der Waals surface area contributed by atoms with Gasteiger partial charge in [0, 0.05) is 19.3 Å². The van der Waals surface area contributed by atoms with E-state index in [4.69, 9.17) is 5.73 Å². The summed E-state index contributed by atoms with van der Waals surface area (Å²) >= 11 is 1.28. The van der Waals surface area contributed by atoms with E-state index in [1.54, 1.807) is 24.1 Å². The highest BCUT2D eigenvalue weighted by molar-refractivity contribution is 7.99. The van der Waals surface area contributed by atoms with E-state index in [9.17, 15) is 10.1 Å². The molecule has 0 saturated heterocycles. The van der Waals surface area contributed by atoms with Gasteiger partial charge in [-0.15, -0.1) is 0 Å². The number of rotatable bonds is 3. The molecule has 0 bridgehead atoms. The lowest BCUT2D eigenvalue weighted by Gasteiger charge is -1.99. The Hall–Kier alpha value is -2.09. The molecule has 0 unspecified atom stereocenters. The van der Waals surface area contributed by atoms with Gasteiger partial charge in [-0.3, -0.25) is 14.8 Å². The minimum atomic E-state index is -0.495. The largest absolute Gasteiger partial charge is 0.383 e. The molecule has 0 fully saturated rings. The quantitative estimate of drug-likeness (QED) is 0.654. The van der Waals surface area contributed by atoms with E-state index >= 15 is 0 Å². The van der Waals surface area contributed by atoms with Gasteiger partial charge in [-0.25, -0.2) is 4.98 Å². The van der Waals surface area contributed by atoms with Gasteiger partial charge >= 0.3 is 0 Å². The number of hydrogen-bond acceptors (Lipinski definition) is 6. The summed E-state index contributed by atoms with van der Waals surface area (Å²) in [5, 5.41) is 15.1. The van der Waals surface area contributed by atoms with Crippen LogP contribution < -0.4 is 5.73 Å². The molecule has 17 heavy (non-hydrogen) atoms. The third-order valence-electron chi connectivity index (χ3n) is 1.92. The number of aromatic nitrogens is 3. The molecular weight excluding hydrogens is 242 g/mol. The van der Waals surface area contributed by atoms with Crippen molar-refractivity contribution in [3.05, 3.63) is 34.6 Å². The van der Waals surface area contributed by atoms with Gasteiger partial charge in [0.1, 0.15) is 10.8 Å². The number of nitrogen functional groups attached to an aromatic ring is 1. The molecule has 7 nitrogen and oxygen atoms in total. The lowest BCUT2D eigenvalue weighted by Crippen LogP contribution is -1.95. The summed E-state index contributed by atoms with van der Waals surface area (Å²) in [5.41, 5.74) is 5.44. The summed E-state index contributed by atoms with van der Waals surface area (Å²) in [7, 11) is 1.79. The summed E-state index contributed by atoms with van der Waals surface area (Å²) in [4.78, 5) is 15.0. The van der Waals surface area contributed by atoms with Crippen LogP contribution in [-0.2, 0) is 7.05 Å². The molecule has 2 aromatic heterocycles. The van der Waals surface area contributed by atoms with Crippen LogP contribution >= 0.6 is 11.8 Å². The number of anilines is 1. The van der Waals surface area contributed by atoms with E-state index in [1.165, 1.54) is 23.9 Å². The second-order valence-corrected chi connectivity index (χ2v) is 4.39. The maximum absolute atomic E-state index is 10.7. The van der Waals surface area contributed by atoms with E-state index in [-0.39, 0.29) is 11.5 Å². The summed E-state index contributed by atoms with van der Waals surface area (Å²) < 4.78 is 1.64. The Kier molecular flexibility index (Phi) is 2.96. The number of pyridine rings is 1. The Morgan fingerprint density at radius 3 is 2.88 bits per heavy atom. The predicted octanol–water partition coefficient (Wildman–Crippen LogP) is 1.46. The first kappa shape index (κ1) is 11.4. The molecular formula is C9H9N5O2S.